The molecule has 0 aliphatic rings. The summed E-state index contributed by atoms with van der Waals surface area (Å²) in [7, 11) is 0. The Morgan fingerprint density at radius 3 is 2.62 bits per heavy atom. The molecule has 0 fully saturated rings. The highest BCUT2D eigenvalue weighted by atomic mass is 16.5. The number of unbranched alkanes of at least 4 members (excludes halogenated alkanes) is 4. The Hall–Kier alpha value is -0.610. The summed E-state index contributed by atoms with van der Waals surface area (Å²) >= 11 is 0. The van der Waals surface area contributed by atoms with Gasteiger partial charge < -0.3 is 4.74 Å². The van der Waals surface area contributed by atoms with E-state index in [9.17, 15) is 4.79 Å². The van der Waals surface area contributed by atoms with Crippen LogP contribution in [0.5, 0.6) is 0 Å². The van der Waals surface area contributed by atoms with Gasteiger partial charge in [0.15, 0.2) is 0 Å². The maximum Gasteiger partial charge on any atom is 0.233 e. The van der Waals surface area contributed by atoms with Gasteiger partial charge in [0.2, 0.25) is 5.91 Å². The second-order valence-electron chi connectivity index (χ2n) is 4.20. The van der Waals surface area contributed by atoms with E-state index in [1.807, 2.05) is 6.92 Å². The molecule has 0 aromatic rings. The normalized spacial score (nSPS) is 12.4. The van der Waals surface area contributed by atoms with E-state index < -0.39 is 0 Å². The number of carbonyl (C=O) groups excluding carboxylic acids is 1. The molecule has 0 saturated carbocycles. The van der Waals surface area contributed by atoms with Crippen LogP contribution in [0.3, 0.4) is 0 Å². The fraction of sp³-hybridized carbons (Fsp3) is 0.917. The standard InChI is InChI=1S/C12H26N2O2/c1-3-4-5-6-7-10-16-11(2)8-9-12(15)14-13/h11H,3-10,13H2,1-2H3,(H,14,15). The van der Waals surface area contributed by atoms with Crippen molar-refractivity contribution in [3.05, 3.63) is 0 Å². The smallest absolute Gasteiger partial charge is 0.233 e. The predicted octanol–water partition coefficient (Wildman–Crippen LogP) is 2.13. The van der Waals surface area contributed by atoms with Crippen molar-refractivity contribution in [3.63, 3.8) is 0 Å². The Kier molecular flexibility index (Phi) is 10.5. The minimum absolute atomic E-state index is 0.126. The van der Waals surface area contributed by atoms with Crippen molar-refractivity contribution >= 4 is 5.91 Å². The molecule has 3 N–H and O–H groups in total. The van der Waals surface area contributed by atoms with Gasteiger partial charge in [-0.2, -0.15) is 0 Å². The predicted molar refractivity (Wildman–Crippen MR) is 65.7 cm³/mol. The number of hydrogen-bond donors (Lipinski definition) is 2. The van der Waals surface area contributed by atoms with E-state index in [1.165, 1.54) is 25.7 Å². The molecule has 96 valence electrons. The number of nitrogens with two attached hydrogens (primary N) is 1. The summed E-state index contributed by atoms with van der Waals surface area (Å²) in [5.41, 5.74) is 2.12. The Balaban J connectivity index is 3.23. The maximum absolute atomic E-state index is 10.9. The van der Waals surface area contributed by atoms with E-state index in [1.54, 1.807) is 0 Å². The van der Waals surface area contributed by atoms with Crippen molar-refractivity contribution in [2.45, 2.75) is 64.9 Å². The Bertz CT molecular complexity index is 174. The maximum atomic E-state index is 10.9. The van der Waals surface area contributed by atoms with Crippen molar-refractivity contribution in [1.82, 2.24) is 5.43 Å². The minimum Gasteiger partial charge on any atom is -0.378 e. The number of hydrazine groups is 1. The van der Waals surface area contributed by atoms with E-state index in [0.717, 1.165) is 19.4 Å². The zero-order chi connectivity index (χ0) is 12.2. The van der Waals surface area contributed by atoms with Crippen molar-refractivity contribution in [3.8, 4) is 0 Å². The molecular weight excluding hydrogens is 204 g/mol. The van der Waals surface area contributed by atoms with Crippen LogP contribution in [0.15, 0.2) is 0 Å². The first kappa shape index (κ1) is 15.4. The lowest BCUT2D eigenvalue weighted by Crippen LogP contribution is -2.30. The second kappa shape index (κ2) is 10.9. The number of amides is 1. The molecule has 1 amide bonds. The zero-order valence-electron chi connectivity index (χ0n) is 10.6. The summed E-state index contributed by atoms with van der Waals surface area (Å²) in [6.07, 6.45) is 7.55. The fourth-order valence-electron chi connectivity index (χ4n) is 1.48. The lowest BCUT2D eigenvalue weighted by Gasteiger charge is -2.12. The van der Waals surface area contributed by atoms with Gasteiger partial charge in [0, 0.05) is 13.0 Å². The minimum atomic E-state index is -0.126. The molecule has 4 heteroatoms. The van der Waals surface area contributed by atoms with Crippen molar-refractivity contribution in [2.75, 3.05) is 6.61 Å². The summed E-state index contributed by atoms with van der Waals surface area (Å²) in [4.78, 5) is 10.9. The molecule has 0 aliphatic carbocycles. The molecule has 4 nitrogen and oxygen atoms in total. The Labute approximate surface area is 98.9 Å². The topological polar surface area (TPSA) is 64.3 Å². The number of carbonyl (C=O) groups is 1. The van der Waals surface area contributed by atoms with Gasteiger partial charge in [0.05, 0.1) is 6.10 Å². The van der Waals surface area contributed by atoms with Gasteiger partial charge in [-0.1, -0.05) is 32.6 Å². The molecule has 16 heavy (non-hydrogen) atoms. The summed E-state index contributed by atoms with van der Waals surface area (Å²) in [6.45, 7) is 5.01. The van der Waals surface area contributed by atoms with Gasteiger partial charge in [0.25, 0.3) is 0 Å². The summed E-state index contributed by atoms with van der Waals surface area (Å²) < 4.78 is 5.60. The van der Waals surface area contributed by atoms with E-state index in [2.05, 4.69) is 12.3 Å². The van der Waals surface area contributed by atoms with Crippen LogP contribution < -0.4 is 11.3 Å². The van der Waals surface area contributed by atoms with Crippen molar-refractivity contribution < 1.29 is 9.53 Å². The number of hydrogen-bond acceptors (Lipinski definition) is 3. The van der Waals surface area contributed by atoms with Gasteiger partial charge in [-0.15, -0.1) is 0 Å². The third-order valence-electron chi connectivity index (χ3n) is 2.59. The molecule has 0 heterocycles. The van der Waals surface area contributed by atoms with Crippen molar-refractivity contribution in [2.24, 2.45) is 5.84 Å². The van der Waals surface area contributed by atoms with E-state index >= 15 is 0 Å². The highest BCUT2D eigenvalue weighted by Crippen LogP contribution is 2.06. The van der Waals surface area contributed by atoms with Gasteiger partial charge in [0.1, 0.15) is 0 Å². The molecule has 0 saturated heterocycles. The number of ether oxygens (including phenoxy) is 1. The molecular formula is C12H26N2O2. The van der Waals surface area contributed by atoms with E-state index in [0.29, 0.717) is 6.42 Å². The molecule has 0 aromatic heterocycles. The van der Waals surface area contributed by atoms with Gasteiger partial charge in [-0.3, -0.25) is 10.2 Å². The van der Waals surface area contributed by atoms with Gasteiger partial charge in [-0.05, 0) is 19.8 Å². The fourth-order valence-corrected chi connectivity index (χ4v) is 1.48. The average Bonchev–Trinajstić information content (AvgIpc) is 2.30. The summed E-state index contributed by atoms with van der Waals surface area (Å²) in [5.74, 6) is 4.86. The largest absolute Gasteiger partial charge is 0.378 e. The molecule has 0 rings (SSSR count). The van der Waals surface area contributed by atoms with Gasteiger partial charge in [-0.25, -0.2) is 5.84 Å². The van der Waals surface area contributed by atoms with Crippen LogP contribution in [-0.4, -0.2) is 18.6 Å². The number of rotatable bonds is 10. The first-order valence-electron chi connectivity index (χ1n) is 6.31. The highest BCUT2D eigenvalue weighted by molar-refractivity contribution is 5.75. The Morgan fingerprint density at radius 1 is 1.31 bits per heavy atom. The summed E-state index contributed by atoms with van der Waals surface area (Å²) in [6, 6.07) is 0. The van der Waals surface area contributed by atoms with Crippen molar-refractivity contribution in [1.29, 1.82) is 0 Å². The summed E-state index contributed by atoms with van der Waals surface area (Å²) in [5, 5.41) is 0. The third-order valence-corrected chi connectivity index (χ3v) is 2.59. The van der Waals surface area contributed by atoms with Crippen LogP contribution in [0.25, 0.3) is 0 Å². The monoisotopic (exact) mass is 230 g/mol. The Morgan fingerprint density at radius 2 is 2.00 bits per heavy atom. The van der Waals surface area contributed by atoms with Crippen LogP contribution in [0, 0.1) is 0 Å². The molecule has 1 atom stereocenters. The molecule has 0 radical (unpaired) electrons. The van der Waals surface area contributed by atoms with Gasteiger partial charge >= 0.3 is 0 Å². The lowest BCUT2D eigenvalue weighted by molar-refractivity contribution is -0.121. The average molecular weight is 230 g/mol. The first-order valence-corrected chi connectivity index (χ1v) is 6.31. The van der Waals surface area contributed by atoms with Crippen LogP contribution in [0.2, 0.25) is 0 Å². The molecule has 0 bridgehead atoms. The van der Waals surface area contributed by atoms with E-state index in [-0.39, 0.29) is 12.0 Å². The molecule has 0 spiro atoms. The zero-order valence-corrected chi connectivity index (χ0v) is 10.6. The third kappa shape index (κ3) is 9.93. The van der Waals surface area contributed by atoms with Crippen LogP contribution in [0.4, 0.5) is 0 Å². The van der Waals surface area contributed by atoms with Crippen LogP contribution in [0.1, 0.15) is 58.8 Å². The molecule has 0 aromatic carbocycles. The van der Waals surface area contributed by atoms with Crippen LogP contribution >= 0.6 is 0 Å². The SMILES string of the molecule is CCCCCCCOC(C)CCC(=O)NN. The second-order valence-corrected chi connectivity index (χ2v) is 4.20. The first-order chi connectivity index (χ1) is 7.70. The molecule has 1 unspecified atom stereocenters. The number of nitrogens with one attached hydrogen (secondary N) is 1. The van der Waals surface area contributed by atoms with Crippen LogP contribution in [-0.2, 0) is 9.53 Å². The highest BCUT2D eigenvalue weighted by Gasteiger charge is 2.05. The quantitative estimate of drug-likeness (QED) is 0.261. The van der Waals surface area contributed by atoms with E-state index in [4.69, 9.17) is 10.6 Å². The molecule has 0 aliphatic heterocycles. The lowest BCUT2D eigenvalue weighted by atomic mass is 10.1.